The number of aliphatic hydroxyl groups excluding tert-OH is 2. The molecule has 0 atom stereocenters. The Bertz CT molecular complexity index is 1520. The van der Waals surface area contributed by atoms with Gasteiger partial charge in [-0.15, -0.1) is 0 Å². The Balaban J connectivity index is 1.93. The monoisotopic (exact) mass is 605 g/mol. The predicted octanol–water partition coefficient (Wildman–Crippen LogP) is 4.19. The van der Waals surface area contributed by atoms with Crippen molar-refractivity contribution in [3.63, 3.8) is 0 Å². The van der Waals surface area contributed by atoms with Crippen molar-refractivity contribution in [3.8, 4) is 11.5 Å². The van der Waals surface area contributed by atoms with Gasteiger partial charge in [0, 0.05) is 28.7 Å². The highest BCUT2D eigenvalue weighted by Gasteiger charge is 2.40. The Labute approximate surface area is 253 Å². The fourth-order valence-corrected chi connectivity index (χ4v) is 8.53. The molecular formula is C32H41N4O6Si+. The molecule has 4 rings (SSSR count). The number of rotatable bonds is 14. The van der Waals surface area contributed by atoms with Gasteiger partial charge in [-0.05, 0) is 51.7 Å². The Morgan fingerprint density at radius 2 is 1.53 bits per heavy atom. The van der Waals surface area contributed by atoms with Gasteiger partial charge in [-0.3, -0.25) is 0 Å². The summed E-state index contributed by atoms with van der Waals surface area (Å²) < 4.78 is 25.2. The summed E-state index contributed by atoms with van der Waals surface area (Å²) in [5.74, 6) is 0.917. The molecule has 0 bridgehead atoms. The summed E-state index contributed by atoms with van der Waals surface area (Å²) >= 11 is 0. The minimum absolute atomic E-state index is 0.0675. The average molecular weight is 606 g/mol. The molecule has 2 N–H and O–H groups in total. The van der Waals surface area contributed by atoms with Gasteiger partial charge in [0.25, 0.3) is 0 Å². The summed E-state index contributed by atoms with van der Waals surface area (Å²) in [5.41, 5.74) is 16.2. The first kappa shape index (κ1) is 32.2. The smallest absolute Gasteiger partial charge is 0.199 e. The number of ether oxygens (including phenoxy) is 4. The van der Waals surface area contributed by atoms with E-state index in [2.05, 4.69) is 71.0 Å². The third-order valence-electron chi connectivity index (χ3n) is 7.50. The van der Waals surface area contributed by atoms with Gasteiger partial charge in [-0.25, -0.2) is 4.58 Å². The van der Waals surface area contributed by atoms with Crippen LogP contribution in [0, 0.1) is 6.92 Å². The number of aryl methyl sites for hydroxylation is 1. The molecule has 10 nitrogen and oxygen atoms in total. The van der Waals surface area contributed by atoms with Crippen LogP contribution in [0.2, 0.25) is 13.1 Å². The standard InChI is InChI=1S/C32H41N4O6Si/c1-22-6-8-24-30(18-22)43(4,5)31-19-23(36(2)3)7-9-25(31)32(24)26-20-27(34-35-33)29(42-17-15-40-13-11-38)21-28(26)41-16-14-39-12-10-37/h6-9,18-21,37-38H,10-17H2,1-5H3/q+1. The SMILES string of the molecule is Cc1ccc2c(c1)[Si](C)(C)C1=CC(=[N+](C)C)C=CC1=C2c1cc(N=[N+]=[N-])c(OCCOCCO)cc1OCCOCCO. The maximum Gasteiger partial charge on any atom is 0.199 e. The quantitative estimate of drug-likeness (QED) is 0.0830. The van der Waals surface area contributed by atoms with Crippen LogP contribution in [-0.4, -0.2) is 95.5 Å². The molecular weight excluding hydrogens is 564 g/mol. The van der Waals surface area contributed by atoms with Crippen LogP contribution in [0.4, 0.5) is 5.69 Å². The number of azide groups is 1. The highest BCUT2D eigenvalue weighted by Crippen LogP contribution is 2.46. The second-order valence-electron chi connectivity index (χ2n) is 11.0. The van der Waals surface area contributed by atoms with E-state index in [9.17, 15) is 5.53 Å². The van der Waals surface area contributed by atoms with E-state index >= 15 is 0 Å². The largest absolute Gasteiger partial charge is 0.491 e. The van der Waals surface area contributed by atoms with Gasteiger partial charge in [-0.1, -0.05) is 42.0 Å². The molecule has 0 amide bonds. The molecule has 2 aromatic carbocycles. The number of allylic oxidation sites excluding steroid dienone is 5. The summed E-state index contributed by atoms with van der Waals surface area (Å²) in [4.78, 5) is 3.08. The highest BCUT2D eigenvalue weighted by atomic mass is 28.3. The van der Waals surface area contributed by atoms with E-state index < -0.39 is 8.07 Å². The molecule has 1 aliphatic carbocycles. The fraction of sp³-hybridized carbons (Fsp3) is 0.406. The molecule has 11 heteroatoms. The lowest BCUT2D eigenvalue weighted by Crippen LogP contribution is -2.49. The van der Waals surface area contributed by atoms with E-state index in [0.717, 1.165) is 28.0 Å². The topological polar surface area (TPSA) is 129 Å². The van der Waals surface area contributed by atoms with Crippen LogP contribution in [-0.2, 0) is 9.47 Å². The van der Waals surface area contributed by atoms with Crippen molar-refractivity contribution in [2.45, 2.75) is 20.0 Å². The lowest BCUT2D eigenvalue weighted by molar-refractivity contribution is -0.462. The van der Waals surface area contributed by atoms with E-state index in [1.807, 2.05) is 20.2 Å². The molecule has 0 unspecified atom stereocenters. The van der Waals surface area contributed by atoms with E-state index in [0.29, 0.717) is 17.2 Å². The Morgan fingerprint density at radius 1 is 0.860 bits per heavy atom. The van der Waals surface area contributed by atoms with Crippen LogP contribution in [0.5, 0.6) is 11.5 Å². The number of hydrogen-bond donors (Lipinski definition) is 2. The van der Waals surface area contributed by atoms with Gasteiger partial charge in [0.1, 0.15) is 46.9 Å². The molecule has 1 heterocycles. The van der Waals surface area contributed by atoms with E-state index in [4.69, 9.17) is 29.2 Å². The second kappa shape index (κ2) is 14.7. The molecule has 0 spiro atoms. The number of benzene rings is 2. The van der Waals surface area contributed by atoms with Gasteiger partial charge in [0.15, 0.2) is 5.71 Å². The number of nitrogens with zero attached hydrogens (tertiary/aromatic N) is 4. The molecule has 0 aromatic heterocycles. The predicted molar refractivity (Wildman–Crippen MR) is 171 cm³/mol. The minimum atomic E-state index is -2.11. The normalized spacial score (nSPS) is 15.0. The van der Waals surface area contributed by atoms with E-state index in [1.54, 1.807) is 6.07 Å². The molecule has 2 aromatic rings. The zero-order valence-electron chi connectivity index (χ0n) is 25.6. The summed E-state index contributed by atoms with van der Waals surface area (Å²) in [6, 6.07) is 10.2. The van der Waals surface area contributed by atoms with Crippen LogP contribution in [0.1, 0.15) is 16.7 Å². The van der Waals surface area contributed by atoms with E-state index in [-0.39, 0.29) is 52.9 Å². The van der Waals surface area contributed by atoms with Crippen molar-refractivity contribution < 1.29 is 33.7 Å². The van der Waals surface area contributed by atoms with Crippen LogP contribution >= 0.6 is 0 Å². The van der Waals surface area contributed by atoms with Crippen molar-refractivity contribution in [3.05, 3.63) is 86.5 Å². The molecule has 1 aliphatic heterocycles. The van der Waals surface area contributed by atoms with Crippen LogP contribution < -0.4 is 14.7 Å². The fourth-order valence-electron chi connectivity index (χ4n) is 5.38. The lowest BCUT2D eigenvalue weighted by atomic mass is 9.88. The number of fused-ring (bicyclic) bond motifs is 2. The van der Waals surface area contributed by atoms with Gasteiger partial charge >= 0.3 is 0 Å². The first-order valence-corrected chi connectivity index (χ1v) is 17.4. The molecule has 43 heavy (non-hydrogen) atoms. The number of hydrogen-bond acceptors (Lipinski definition) is 7. The summed E-state index contributed by atoms with van der Waals surface area (Å²) in [7, 11) is 1.98. The minimum Gasteiger partial charge on any atom is -0.491 e. The first-order valence-electron chi connectivity index (χ1n) is 14.4. The maximum atomic E-state index is 9.45. The molecule has 2 aliphatic rings. The van der Waals surface area contributed by atoms with Gasteiger partial charge in [0.05, 0.1) is 45.3 Å². The summed E-state index contributed by atoms with van der Waals surface area (Å²) in [6.45, 7) is 8.16. The second-order valence-corrected chi connectivity index (χ2v) is 15.4. The average Bonchev–Trinajstić information content (AvgIpc) is 2.98. The van der Waals surface area contributed by atoms with Gasteiger partial charge in [-0.2, -0.15) is 0 Å². The summed E-state index contributed by atoms with van der Waals surface area (Å²) in [6.07, 6.45) is 6.61. The summed E-state index contributed by atoms with van der Waals surface area (Å²) in [5, 5.41) is 24.7. The van der Waals surface area contributed by atoms with Gasteiger partial charge < -0.3 is 29.2 Å². The van der Waals surface area contributed by atoms with Crippen molar-refractivity contribution in [2.24, 2.45) is 5.11 Å². The van der Waals surface area contributed by atoms with Crippen LogP contribution in [0.25, 0.3) is 16.0 Å². The van der Waals surface area contributed by atoms with Crippen LogP contribution in [0.15, 0.2) is 64.4 Å². The molecule has 0 fully saturated rings. The lowest BCUT2D eigenvalue weighted by Gasteiger charge is -2.38. The third kappa shape index (κ3) is 7.27. The van der Waals surface area contributed by atoms with Crippen molar-refractivity contribution in [1.29, 1.82) is 0 Å². The Hall–Kier alpha value is -3.70. The molecule has 0 saturated heterocycles. The first-order chi connectivity index (χ1) is 20.7. The highest BCUT2D eigenvalue weighted by molar-refractivity contribution is 6.98. The van der Waals surface area contributed by atoms with Gasteiger partial charge in [0.2, 0.25) is 0 Å². The third-order valence-corrected chi connectivity index (χ3v) is 11.0. The zero-order valence-corrected chi connectivity index (χ0v) is 26.6. The number of aliphatic hydroxyl groups is 2. The van der Waals surface area contributed by atoms with Crippen LogP contribution in [0.3, 0.4) is 0 Å². The Morgan fingerprint density at radius 3 is 2.16 bits per heavy atom. The molecule has 0 radical (unpaired) electrons. The molecule has 0 saturated carbocycles. The van der Waals surface area contributed by atoms with E-state index in [1.165, 1.54) is 15.9 Å². The van der Waals surface area contributed by atoms with Crippen molar-refractivity contribution >= 4 is 30.2 Å². The maximum absolute atomic E-state index is 9.45. The van der Waals surface area contributed by atoms with Crippen molar-refractivity contribution in [1.82, 2.24) is 0 Å². The van der Waals surface area contributed by atoms with Crippen molar-refractivity contribution in [2.75, 3.05) is 67.0 Å². The Kier molecular flexibility index (Phi) is 11.0. The molecule has 228 valence electrons. The zero-order chi connectivity index (χ0) is 31.0.